The number of carboxylic acids is 1. The summed E-state index contributed by atoms with van der Waals surface area (Å²) in [6.45, 7) is 4.18. The highest BCUT2D eigenvalue weighted by Crippen LogP contribution is 2.37. The van der Waals surface area contributed by atoms with Crippen LogP contribution in [0.2, 0.25) is 0 Å². The summed E-state index contributed by atoms with van der Waals surface area (Å²) in [7, 11) is 0. The minimum atomic E-state index is -0.865. The van der Waals surface area contributed by atoms with Crippen molar-refractivity contribution in [3.05, 3.63) is 0 Å². The van der Waals surface area contributed by atoms with Crippen LogP contribution < -0.4 is 0 Å². The first-order valence-corrected chi connectivity index (χ1v) is 4.65. The van der Waals surface area contributed by atoms with Gasteiger partial charge in [0.05, 0.1) is 6.42 Å². The van der Waals surface area contributed by atoms with Gasteiger partial charge in [0.15, 0.2) is 0 Å². The second kappa shape index (κ2) is 3.48. The van der Waals surface area contributed by atoms with E-state index in [9.17, 15) is 9.59 Å². The van der Waals surface area contributed by atoms with Gasteiger partial charge in [-0.1, -0.05) is 13.8 Å². The Balaban J connectivity index is 2.60. The van der Waals surface area contributed by atoms with E-state index >= 15 is 0 Å². The van der Waals surface area contributed by atoms with Crippen molar-refractivity contribution in [3.63, 3.8) is 0 Å². The van der Waals surface area contributed by atoms with Crippen LogP contribution in [0.4, 0.5) is 0 Å². The zero-order valence-electron chi connectivity index (χ0n) is 8.17. The molecule has 0 amide bonds. The second-order valence-electron chi connectivity index (χ2n) is 4.63. The van der Waals surface area contributed by atoms with Crippen LogP contribution in [0.1, 0.15) is 39.5 Å². The molecule has 3 nitrogen and oxygen atoms in total. The average molecular weight is 184 g/mol. The third kappa shape index (κ3) is 2.83. The Morgan fingerprint density at radius 3 is 2.77 bits per heavy atom. The van der Waals surface area contributed by atoms with Gasteiger partial charge in [-0.05, 0) is 18.3 Å². The highest BCUT2D eigenvalue weighted by molar-refractivity contribution is 5.85. The first-order chi connectivity index (χ1) is 5.91. The molecule has 0 saturated heterocycles. The second-order valence-corrected chi connectivity index (χ2v) is 4.63. The van der Waals surface area contributed by atoms with Crippen molar-refractivity contribution in [3.8, 4) is 0 Å². The zero-order valence-corrected chi connectivity index (χ0v) is 8.17. The minimum Gasteiger partial charge on any atom is -0.481 e. The molecule has 0 aromatic heterocycles. The van der Waals surface area contributed by atoms with Crippen LogP contribution in [0.5, 0.6) is 0 Å². The summed E-state index contributed by atoms with van der Waals surface area (Å²) in [5.41, 5.74) is 0.133. The molecule has 1 aliphatic carbocycles. The van der Waals surface area contributed by atoms with Crippen LogP contribution in [-0.4, -0.2) is 16.9 Å². The molecule has 0 aromatic carbocycles. The molecule has 0 radical (unpaired) electrons. The molecule has 1 fully saturated rings. The Kier molecular flexibility index (Phi) is 2.74. The van der Waals surface area contributed by atoms with E-state index in [2.05, 4.69) is 13.8 Å². The molecule has 0 aromatic rings. The lowest BCUT2D eigenvalue weighted by Gasteiger charge is -2.33. The summed E-state index contributed by atoms with van der Waals surface area (Å²) in [5, 5.41) is 8.60. The van der Waals surface area contributed by atoms with Crippen molar-refractivity contribution in [1.82, 2.24) is 0 Å². The van der Waals surface area contributed by atoms with Crippen LogP contribution in [-0.2, 0) is 9.59 Å². The van der Waals surface area contributed by atoms with Crippen molar-refractivity contribution >= 4 is 11.8 Å². The van der Waals surface area contributed by atoms with Gasteiger partial charge in [0, 0.05) is 12.3 Å². The van der Waals surface area contributed by atoms with Crippen molar-refractivity contribution in [2.45, 2.75) is 39.5 Å². The molecule has 1 aliphatic rings. The molecule has 74 valence electrons. The third-order valence-corrected chi connectivity index (χ3v) is 2.72. The monoisotopic (exact) mass is 184 g/mol. The topological polar surface area (TPSA) is 54.4 Å². The van der Waals surface area contributed by atoms with Crippen LogP contribution in [0.15, 0.2) is 0 Å². The lowest BCUT2D eigenvalue weighted by Crippen LogP contribution is -2.31. The van der Waals surface area contributed by atoms with E-state index in [4.69, 9.17) is 5.11 Å². The zero-order chi connectivity index (χ0) is 10.1. The number of rotatable bonds is 2. The van der Waals surface area contributed by atoms with E-state index in [1.54, 1.807) is 0 Å². The Morgan fingerprint density at radius 1 is 1.62 bits per heavy atom. The van der Waals surface area contributed by atoms with Gasteiger partial charge in [-0.15, -0.1) is 0 Å². The van der Waals surface area contributed by atoms with Crippen LogP contribution in [0.25, 0.3) is 0 Å². The number of aliphatic carboxylic acids is 1. The van der Waals surface area contributed by atoms with Gasteiger partial charge in [0.1, 0.15) is 5.78 Å². The SMILES string of the molecule is CC1(C)CCC(=O)C(CC(=O)O)C1. The molecule has 0 bridgehead atoms. The smallest absolute Gasteiger partial charge is 0.304 e. The summed E-state index contributed by atoms with van der Waals surface area (Å²) in [5.74, 6) is -0.987. The standard InChI is InChI=1S/C10H16O3/c1-10(2)4-3-8(11)7(6-10)5-9(12)13/h7H,3-6H2,1-2H3,(H,12,13). The van der Waals surface area contributed by atoms with Gasteiger partial charge >= 0.3 is 5.97 Å². The largest absolute Gasteiger partial charge is 0.481 e. The predicted octanol–water partition coefficient (Wildman–Crippen LogP) is 1.86. The molecular weight excluding hydrogens is 168 g/mol. The van der Waals surface area contributed by atoms with Gasteiger partial charge in [0.25, 0.3) is 0 Å². The van der Waals surface area contributed by atoms with Crippen LogP contribution >= 0.6 is 0 Å². The maximum absolute atomic E-state index is 11.4. The van der Waals surface area contributed by atoms with E-state index in [1.165, 1.54) is 0 Å². The average Bonchev–Trinajstić information content (AvgIpc) is 1.95. The maximum Gasteiger partial charge on any atom is 0.304 e. The number of carbonyl (C=O) groups excluding carboxylic acids is 1. The molecule has 1 unspecified atom stereocenters. The Morgan fingerprint density at radius 2 is 2.23 bits per heavy atom. The molecule has 3 heteroatoms. The van der Waals surface area contributed by atoms with Crippen molar-refractivity contribution in [2.75, 3.05) is 0 Å². The predicted molar refractivity (Wildman–Crippen MR) is 48.4 cm³/mol. The fraction of sp³-hybridized carbons (Fsp3) is 0.800. The normalized spacial score (nSPS) is 27.2. The van der Waals surface area contributed by atoms with Gasteiger partial charge in [-0.2, -0.15) is 0 Å². The number of carboxylic acid groups (broad SMARTS) is 1. The van der Waals surface area contributed by atoms with Gasteiger partial charge in [-0.25, -0.2) is 0 Å². The lowest BCUT2D eigenvalue weighted by molar-refractivity contribution is -0.142. The first-order valence-electron chi connectivity index (χ1n) is 4.65. The lowest BCUT2D eigenvalue weighted by atomic mass is 9.71. The van der Waals surface area contributed by atoms with Crippen LogP contribution in [0, 0.1) is 11.3 Å². The molecule has 13 heavy (non-hydrogen) atoms. The quantitative estimate of drug-likeness (QED) is 0.712. The Hall–Kier alpha value is -0.860. The number of Topliss-reactive ketones (excluding diaryl/α,β-unsaturated/α-hetero) is 1. The van der Waals surface area contributed by atoms with Crippen molar-refractivity contribution < 1.29 is 14.7 Å². The van der Waals surface area contributed by atoms with E-state index in [0.29, 0.717) is 6.42 Å². The highest BCUT2D eigenvalue weighted by Gasteiger charge is 2.34. The molecule has 1 atom stereocenters. The number of hydrogen-bond donors (Lipinski definition) is 1. The fourth-order valence-electron chi connectivity index (χ4n) is 1.95. The van der Waals surface area contributed by atoms with E-state index in [-0.39, 0.29) is 23.5 Å². The summed E-state index contributed by atoms with van der Waals surface area (Å²) in [4.78, 5) is 21.8. The fourth-order valence-corrected chi connectivity index (χ4v) is 1.95. The molecule has 1 saturated carbocycles. The van der Waals surface area contributed by atoms with Crippen LogP contribution in [0.3, 0.4) is 0 Å². The minimum absolute atomic E-state index is 0.00225. The first kappa shape index (κ1) is 10.2. The molecular formula is C10H16O3. The summed E-state index contributed by atoms with van der Waals surface area (Å²) in [6.07, 6.45) is 2.16. The molecule has 1 rings (SSSR count). The third-order valence-electron chi connectivity index (χ3n) is 2.72. The number of hydrogen-bond acceptors (Lipinski definition) is 2. The molecule has 0 aliphatic heterocycles. The molecule has 0 heterocycles. The Bertz CT molecular complexity index is 230. The van der Waals surface area contributed by atoms with Gasteiger partial charge in [-0.3, -0.25) is 9.59 Å². The summed E-state index contributed by atoms with van der Waals surface area (Å²) >= 11 is 0. The van der Waals surface area contributed by atoms with E-state index in [1.807, 2.05) is 0 Å². The Labute approximate surface area is 78.1 Å². The molecule has 0 spiro atoms. The van der Waals surface area contributed by atoms with E-state index in [0.717, 1.165) is 12.8 Å². The number of carbonyl (C=O) groups is 2. The van der Waals surface area contributed by atoms with Gasteiger partial charge in [0.2, 0.25) is 0 Å². The van der Waals surface area contributed by atoms with Crippen molar-refractivity contribution in [1.29, 1.82) is 0 Å². The highest BCUT2D eigenvalue weighted by atomic mass is 16.4. The van der Waals surface area contributed by atoms with E-state index < -0.39 is 5.97 Å². The summed E-state index contributed by atoms with van der Waals surface area (Å²) in [6, 6.07) is 0. The van der Waals surface area contributed by atoms with Gasteiger partial charge < -0.3 is 5.11 Å². The van der Waals surface area contributed by atoms with Crippen molar-refractivity contribution in [2.24, 2.45) is 11.3 Å². The number of ketones is 1. The summed E-state index contributed by atoms with van der Waals surface area (Å²) < 4.78 is 0. The maximum atomic E-state index is 11.4. The molecule has 1 N–H and O–H groups in total.